The second-order valence-electron chi connectivity index (χ2n) is 10.1. The molecule has 2 atom stereocenters. The van der Waals surface area contributed by atoms with Crippen LogP contribution in [0.2, 0.25) is 0 Å². The van der Waals surface area contributed by atoms with Gasteiger partial charge in [-0.25, -0.2) is 0 Å². The molecule has 34 heavy (non-hydrogen) atoms. The highest BCUT2D eigenvalue weighted by atomic mass is 16.5. The Morgan fingerprint density at radius 1 is 0.735 bits per heavy atom. The van der Waals surface area contributed by atoms with Crippen molar-refractivity contribution in [1.29, 1.82) is 0 Å². The van der Waals surface area contributed by atoms with Gasteiger partial charge in [0.05, 0.1) is 38.5 Å². The first-order chi connectivity index (χ1) is 16.5. The van der Waals surface area contributed by atoms with Crippen molar-refractivity contribution < 1.29 is 14.3 Å². The van der Waals surface area contributed by atoms with Gasteiger partial charge in [-0.15, -0.1) is 0 Å². The van der Waals surface area contributed by atoms with Gasteiger partial charge in [-0.2, -0.15) is 0 Å². The monoisotopic (exact) mass is 464 g/mol. The van der Waals surface area contributed by atoms with Crippen molar-refractivity contribution in [3.05, 3.63) is 70.8 Å². The average molecular weight is 465 g/mol. The zero-order valence-corrected chi connectivity index (χ0v) is 21.2. The lowest BCUT2D eigenvalue weighted by Gasteiger charge is -2.44. The van der Waals surface area contributed by atoms with Crippen LogP contribution >= 0.6 is 0 Å². The molecule has 0 amide bonds. The van der Waals surface area contributed by atoms with Crippen LogP contribution in [0.15, 0.2) is 48.5 Å². The number of Topliss-reactive ketones (excluding diaryl/α,β-unsaturated/α-hetero) is 1. The summed E-state index contributed by atoms with van der Waals surface area (Å²) in [6.45, 7) is 14.7. The number of carbonyl (C=O) groups is 1. The Labute approximate surface area is 205 Å². The molecule has 0 N–H and O–H groups in total. The fraction of sp³-hybridized carbons (Fsp3) is 0.552. The van der Waals surface area contributed by atoms with Crippen LogP contribution in [0.25, 0.3) is 0 Å². The molecular weight excluding hydrogens is 424 g/mol. The minimum Gasteiger partial charge on any atom is -0.379 e. The van der Waals surface area contributed by atoms with Gasteiger partial charge < -0.3 is 9.47 Å². The summed E-state index contributed by atoms with van der Waals surface area (Å²) in [6, 6.07) is 16.7. The Morgan fingerprint density at radius 2 is 1.32 bits per heavy atom. The Hall–Kier alpha value is -2.05. The van der Waals surface area contributed by atoms with Gasteiger partial charge in [0.1, 0.15) is 0 Å². The van der Waals surface area contributed by atoms with Crippen molar-refractivity contribution >= 4 is 5.78 Å². The van der Waals surface area contributed by atoms with Gasteiger partial charge in [0.15, 0.2) is 5.78 Å². The summed E-state index contributed by atoms with van der Waals surface area (Å²) in [6.07, 6.45) is 0. The molecule has 0 saturated carbocycles. The van der Waals surface area contributed by atoms with E-state index in [2.05, 4.69) is 80.0 Å². The van der Waals surface area contributed by atoms with Gasteiger partial charge in [0.2, 0.25) is 0 Å². The van der Waals surface area contributed by atoms with E-state index in [9.17, 15) is 4.79 Å². The molecule has 0 unspecified atom stereocenters. The molecule has 2 aromatic carbocycles. The fourth-order valence-corrected chi connectivity index (χ4v) is 5.26. The number of benzene rings is 2. The topological polar surface area (TPSA) is 42.0 Å². The highest BCUT2D eigenvalue weighted by molar-refractivity contribution is 6.02. The number of rotatable bonds is 8. The molecule has 2 aromatic rings. The molecule has 4 rings (SSSR count). The van der Waals surface area contributed by atoms with Gasteiger partial charge in [-0.3, -0.25) is 14.6 Å². The van der Waals surface area contributed by atoms with Crippen LogP contribution in [0, 0.1) is 0 Å². The minimum absolute atomic E-state index is 0.0273. The lowest BCUT2D eigenvalue weighted by molar-refractivity contribution is -0.0301. The standard InChI is InChI=1S/C29H40N2O3/c1-21(2)24-10-11-25(26(20-24)22(3)4)29(32)28(31-14-18-34-19-15-31)27(23-8-6-5-7-9-23)30-12-16-33-17-13-30/h5-11,20-22,27-28H,12-19H2,1-4H3/t27-,28-/m0/s1. The van der Waals surface area contributed by atoms with Crippen molar-refractivity contribution in [2.45, 2.75) is 51.6 Å². The molecule has 184 valence electrons. The van der Waals surface area contributed by atoms with Crippen LogP contribution < -0.4 is 0 Å². The van der Waals surface area contributed by atoms with Crippen molar-refractivity contribution in [3.8, 4) is 0 Å². The third-order valence-electron chi connectivity index (χ3n) is 7.22. The van der Waals surface area contributed by atoms with E-state index in [4.69, 9.17) is 9.47 Å². The average Bonchev–Trinajstić information content (AvgIpc) is 2.88. The fourth-order valence-electron chi connectivity index (χ4n) is 5.26. The summed E-state index contributed by atoms with van der Waals surface area (Å²) in [4.78, 5) is 19.4. The Morgan fingerprint density at radius 3 is 1.88 bits per heavy atom. The highest BCUT2D eigenvalue weighted by Crippen LogP contribution is 2.34. The number of hydrogen-bond donors (Lipinski definition) is 0. The molecule has 5 nitrogen and oxygen atoms in total. The van der Waals surface area contributed by atoms with Crippen molar-refractivity contribution in [3.63, 3.8) is 0 Å². The second-order valence-corrected chi connectivity index (χ2v) is 10.1. The van der Waals surface area contributed by atoms with Crippen LogP contribution in [-0.2, 0) is 9.47 Å². The maximum Gasteiger partial charge on any atom is 0.182 e. The summed E-state index contributed by atoms with van der Waals surface area (Å²) < 4.78 is 11.4. The van der Waals surface area contributed by atoms with E-state index in [1.54, 1.807) is 0 Å². The van der Waals surface area contributed by atoms with Crippen LogP contribution in [-0.4, -0.2) is 74.2 Å². The van der Waals surface area contributed by atoms with Crippen LogP contribution in [0.1, 0.15) is 72.6 Å². The van der Waals surface area contributed by atoms with E-state index >= 15 is 0 Å². The molecule has 0 aliphatic carbocycles. The summed E-state index contributed by atoms with van der Waals surface area (Å²) in [5, 5.41) is 0. The zero-order valence-electron chi connectivity index (χ0n) is 21.2. The summed E-state index contributed by atoms with van der Waals surface area (Å²) >= 11 is 0. The smallest absolute Gasteiger partial charge is 0.182 e. The summed E-state index contributed by atoms with van der Waals surface area (Å²) in [5.41, 5.74) is 4.50. The molecule has 2 heterocycles. The highest BCUT2D eigenvalue weighted by Gasteiger charge is 2.40. The first-order valence-electron chi connectivity index (χ1n) is 12.8. The van der Waals surface area contributed by atoms with E-state index in [0.29, 0.717) is 32.3 Å². The maximum absolute atomic E-state index is 14.6. The zero-order chi connectivity index (χ0) is 24.1. The third-order valence-corrected chi connectivity index (χ3v) is 7.22. The van der Waals surface area contributed by atoms with Crippen LogP contribution in [0.5, 0.6) is 0 Å². The van der Waals surface area contributed by atoms with Crippen LogP contribution in [0.3, 0.4) is 0 Å². The number of hydrogen-bond acceptors (Lipinski definition) is 5. The van der Waals surface area contributed by atoms with Gasteiger partial charge in [0, 0.05) is 31.7 Å². The predicted molar refractivity (Wildman–Crippen MR) is 137 cm³/mol. The largest absolute Gasteiger partial charge is 0.379 e. The van der Waals surface area contributed by atoms with E-state index in [-0.39, 0.29) is 23.8 Å². The van der Waals surface area contributed by atoms with Crippen LogP contribution in [0.4, 0.5) is 0 Å². The molecule has 0 aromatic heterocycles. The van der Waals surface area contributed by atoms with Gasteiger partial charge in [-0.1, -0.05) is 76.2 Å². The second kappa shape index (κ2) is 11.6. The molecule has 5 heteroatoms. The lowest BCUT2D eigenvalue weighted by atomic mass is 9.84. The van der Waals surface area contributed by atoms with E-state index in [0.717, 1.165) is 37.3 Å². The maximum atomic E-state index is 14.6. The SMILES string of the molecule is CC(C)c1ccc(C(=O)[C@H]([C@H](c2ccccc2)N2CCOCC2)N2CCOCC2)c(C(C)C)c1. The number of ketones is 1. The Bertz CT molecular complexity index is 932. The number of carbonyl (C=O) groups excluding carboxylic acids is 1. The van der Waals surface area contributed by atoms with Crippen molar-refractivity contribution in [1.82, 2.24) is 9.80 Å². The molecule has 2 fully saturated rings. The van der Waals surface area contributed by atoms with E-state index in [1.165, 1.54) is 11.1 Å². The molecule has 0 bridgehead atoms. The number of nitrogens with zero attached hydrogens (tertiary/aromatic N) is 2. The third kappa shape index (κ3) is 5.60. The minimum atomic E-state index is -0.271. The Kier molecular flexibility index (Phi) is 8.54. The predicted octanol–water partition coefficient (Wildman–Crippen LogP) is 4.89. The normalized spacial score (nSPS) is 19.9. The molecule has 2 aliphatic heterocycles. The van der Waals surface area contributed by atoms with Gasteiger partial charge >= 0.3 is 0 Å². The lowest BCUT2D eigenvalue weighted by Crippen LogP contribution is -2.55. The molecular formula is C29H40N2O3. The Balaban J connectivity index is 1.81. The van der Waals surface area contributed by atoms with E-state index < -0.39 is 0 Å². The van der Waals surface area contributed by atoms with E-state index in [1.807, 2.05) is 6.07 Å². The quantitative estimate of drug-likeness (QED) is 0.521. The molecule has 2 saturated heterocycles. The first-order valence-corrected chi connectivity index (χ1v) is 12.8. The first kappa shape index (κ1) is 25.1. The molecule has 0 radical (unpaired) electrons. The number of morpholine rings is 2. The molecule has 0 spiro atoms. The van der Waals surface area contributed by atoms with Crippen molar-refractivity contribution in [2.24, 2.45) is 0 Å². The summed E-state index contributed by atoms with van der Waals surface area (Å²) in [5.74, 6) is 0.935. The summed E-state index contributed by atoms with van der Waals surface area (Å²) in [7, 11) is 0. The van der Waals surface area contributed by atoms with Gasteiger partial charge in [0.25, 0.3) is 0 Å². The van der Waals surface area contributed by atoms with Crippen molar-refractivity contribution in [2.75, 3.05) is 52.6 Å². The number of ether oxygens (including phenoxy) is 2. The molecule has 2 aliphatic rings. The van der Waals surface area contributed by atoms with Gasteiger partial charge in [-0.05, 0) is 28.5 Å².